The van der Waals surface area contributed by atoms with E-state index in [1.807, 2.05) is 32.0 Å². The number of aryl methyl sites for hydroxylation is 1. The molecule has 3 aromatic carbocycles. The predicted octanol–water partition coefficient (Wildman–Crippen LogP) is 4.45. The zero-order chi connectivity index (χ0) is 22.3. The molecule has 6 nitrogen and oxygen atoms in total. The molecule has 0 aliphatic heterocycles. The molecule has 7 heteroatoms. The van der Waals surface area contributed by atoms with Crippen LogP contribution in [0, 0.1) is 0 Å². The van der Waals surface area contributed by atoms with Crippen molar-refractivity contribution < 1.29 is 22.7 Å². The van der Waals surface area contributed by atoms with Crippen LogP contribution in [0.3, 0.4) is 0 Å². The second-order valence-electron chi connectivity index (χ2n) is 6.65. The standard InChI is InChI=1S/C24H25NO5S/c1-3-19-10-8-9-13-23(19)30-18-24(26)25(20-14-16-21(17-15-20)29-4-2)31(27,28)22-11-6-5-7-12-22/h5-17H,3-4,18H2,1-2H3. The zero-order valence-corrected chi connectivity index (χ0v) is 18.3. The van der Waals surface area contributed by atoms with Crippen molar-refractivity contribution in [3.63, 3.8) is 0 Å². The van der Waals surface area contributed by atoms with Crippen molar-refractivity contribution in [2.45, 2.75) is 25.2 Å². The van der Waals surface area contributed by atoms with Crippen LogP contribution in [0.15, 0.2) is 83.8 Å². The Morgan fingerprint density at radius 3 is 2.13 bits per heavy atom. The summed E-state index contributed by atoms with van der Waals surface area (Å²) in [6.45, 7) is 3.90. The summed E-state index contributed by atoms with van der Waals surface area (Å²) in [7, 11) is -4.14. The molecule has 3 aromatic rings. The topological polar surface area (TPSA) is 72.9 Å². The van der Waals surface area contributed by atoms with E-state index in [-0.39, 0.29) is 10.6 Å². The number of hydrogen-bond acceptors (Lipinski definition) is 5. The lowest BCUT2D eigenvalue weighted by Gasteiger charge is -2.23. The highest BCUT2D eigenvalue weighted by molar-refractivity contribution is 7.93. The summed E-state index contributed by atoms with van der Waals surface area (Å²) in [4.78, 5) is 13.2. The molecule has 0 heterocycles. The van der Waals surface area contributed by atoms with Crippen LogP contribution in [0.2, 0.25) is 0 Å². The van der Waals surface area contributed by atoms with Gasteiger partial charge in [-0.1, -0.05) is 43.3 Å². The van der Waals surface area contributed by atoms with Crippen molar-refractivity contribution in [2.24, 2.45) is 0 Å². The first kappa shape index (κ1) is 22.4. The van der Waals surface area contributed by atoms with Gasteiger partial charge in [-0.25, -0.2) is 8.42 Å². The molecule has 0 saturated carbocycles. The Morgan fingerprint density at radius 1 is 0.839 bits per heavy atom. The number of rotatable bonds is 9. The Hall–Kier alpha value is -3.32. The monoisotopic (exact) mass is 439 g/mol. The number of carbonyl (C=O) groups is 1. The average molecular weight is 440 g/mol. The van der Waals surface area contributed by atoms with Crippen LogP contribution in [0.4, 0.5) is 5.69 Å². The van der Waals surface area contributed by atoms with Crippen molar-refractivity contribution in [1.29, 1.82) is 0 Å². The van der Waals surface area contributed by atoms with Gasteiger partial charge >= 0.3 is 0 Å². The predicted molar refractivity (Wildman–Crippen MR) is 120 cm³/mol. The van der Waals surface area contributed by atoms with Gasteiger partial charge in [-0.15, -0.1) is 0 Å². The molecule has 0 aliphatic rings. The molecular weight excluding hydrogens is 414 g/mol. The van der Waals surface area contributed by atoms with Crippen LogP contribution >= 0.6 is 0 Å². The van der Waals surface area contributed by atoms with E-state index in [9.17, 15) is 13.2 Å². The zero-order valence-electron chi connectivity index (χ0n) is 17.5. The van der Waals surface area contributed by atoms with Gasteiger partial charge in [0.05, 0.1) is 17.2 Å². The molecule has 0 unspecified atom stereocenters. The van der Waals surface area contributed by atoms with Crippen LogP contribution in [-0.2, 0) is 21.2 Å². The maximum atomic E-state index is 13.3. The molecule has 0 spiro atoms. The summed E-state index contributed by atoms with van der Waals surface area (Å²) in [6, 6.07) is 21.6. The summed E-state index contributed by atoms with van der Waals surface area (Å²) in [5, 5.41) is 0. The highest BCUT2D eigenvalue weighted by Crippen LogP contribution is 2.27. The van der Waals surface area contributed by atoms with E-state index in [2.05, 4.69) is 0 Å². The highest BCUT2D eigenvalue weighted by Gasteiger charge is 2.31. The van der Waals surface area contributed by atoms with Crippen LogP contribution < -0.4 is 13.8 Å². The number of nitrogens with zero attached hydrogens (tertiary/aromatic N) is 1. The molecule has 3 rings (SSSR count). The number of amides is 1. The van der Waals surface area contributed by atoms with Gasteiger partial charge in [0.2, 0.25) is 0 Å². The number of ether oxygens (including phenoxy) is 2. The Morgan fingerprint density at radius 2 is 1.48 bits per heavy atom. The Balaban J connectivity index is 1.94. The van der Waals surface area contributed by atoms with Gasteiger partial charge < -0.3 is 9.47 Å². The molecule has 0 aliphatic carbocycles. The molecule has 0 bridgehead atoms. The van der Waals surface area contributed by atoms with E-state index in [4.69, 9.17) is 9.47 Å². The Bertz CT molecular complexity index is 1110. The van der Waals surface area contributed by atoms with Gasteiger partial charge in [0.15, 0.2) is 6.61 Å². The third-order valence-corrected chi connectivity index (χ3v) is 6.36. The average Bonchev–Trinajstić information content (AvgIpc) is 2.80. The number of benzene rings is 3. The molecular formula is C24H25NO5S. The number of carbonyl (C=O) groups excluding carboxylic acids is 1. The second-order valence-corrected chi connectivity index (χ2v) is 8.44. The minimum Gasteiger partial charge on any atom is -0.494 e. The maximum Gasteiger partial charge on any atom is 0.278 e. The fourth-order valence-electron chi connectivity index (χ4n) is 3.09. The van der Waals surface area contributed by atoms with E-state index in [0.29, 0.717) is 18.1 Å². The fourth-order valence-corrected chi connectivity index (χ4v) is 4.53. The number of sulfonamides is 1. The third-order valence-electron chi connectivity index (χ3n) is 4.59. The molecule has 1 amide bonds. The minimum atomic E-state index is -4.14. The Kier molecular flexibility index (Phi) is 7.31. The van der Waals surface area contributed by atoms with Crippen molar-refractivity contribution in [1.82, 2.24) is 0 Å². The molecule has 162 valence electrons. The van der Waals surface area contributed by atoms with Gasteiger partial charge in [0.25, 0.3) is 15.9 Å². The highest BCUT2D eigenvalue weighted by atomic mass is 32.2. The maximum absolute atomic E-state index is 13.3. The summed E-state index contributed by atoms with van der Waals surface area (Å²) >= 11 is 0. The van der Waals surface area contributed by atoms with Gasteiger partial charge in [-0.2, -0.15) is 4.31 Å². The van der Waals surface area contributed by atoms with E-state index in [0.717, 1.165) is 16.3 Å². The van der Waals surface area contributed by atoms with Crippen LogP contribution in [0.1, 0.15) is 19.4 Å². The van der Waals surface area contributed by atoms with E-state index in [1.54, 1.807) is 48.5 Å². The number of anilines is 1. The second kappa shape index (κ2) is 10.1. The van der Waals surface area contributed by atoms with Gasteiger partial charge in [-0.05, 0) is 61.4 Å². The minimum absolute atomic E-state index is 0.0196. The van der Waals surface area contributed by atoms with Crippen LogP contribution in [-0.4, -0.2) is 27.5 Å². The summed E-state index contributed by atoms with van der Waals surface area (Å²) in [5.74, 6) is 0.449. The first-order valence-electron chi connectivity index (χ1n) is 10.0. The van der Waals surface area contributed by atoms with Crippen molar-refractivity contribution in [3.8, 4) is 11.5 Å². The molecule has 0 radical (unpaired) electrons. The lowest BCUT2D eigenvalue weighted by atomic mass is 10.1. The third kappa shape index (κ3) is 5.24. The lowest BCUT2D eigenvalue weighted by Crippen LogP contribution is -2.40. The first-order valence-corrected chi connectivity index (χ1v) is 11.5. The molecule has 0 fully saturated rings. The summed E-state index contributed by atoms with van der Waals surface area (Å²) in [6.07, 6.45) is 0.731. The summed E-state index contributed by atoms with van der Waals surface area (Å²) in [5.41, 5.74) is 1.15. The smallest absolute Gasteiger partial charge is 0.278 e. The van der Waals surface area contributed by atoms with Gasteiger partial charge in [-0.3, -0.25) is 4.79 Å². The number of para-hydroxylation sites is 1. The Labute approximate surface area is 183 Å². The lowest BCUT2D eigenvalue weighted by molar-refractivity contribution is -0.119. The van der Waals surface area contributed by atoms with Crippen molar-refractivity contribution in [3.05, 3.63) is 84.4 Å². The number of hydrogen-bond donors (Lipinski definition) is 0. The van der Waals surface area contributed by atoms with Gasteiger partial charge in [0.1, 0.15) is 11.5 Å². The SMILES string of the molecule is CCOc1ccc(N(C(=O)COc2ccccc2CC)S(=O)(=O)c2ccccc2)cc1. The molecule has 0 aromatic heterocycles. The van der Waals surface area contributed by atoms with E-state index < -0.39 is 22.5 Å². The molecule has 31 heavy (non-hydrogen) atoms. The van der Waals surface area contributed by atoms with Crippen LogP contribution in [0.5, 0.6) is 11.5 Å². The van der Waals surface area contributed by atoms with Crippen LogP contribution in [0.25, 0.3) is 0 Å². The normalized spacial score (nSPS) is 11.0. The summed E-state index contributed by atoms with van der Waals surface area (Å²) < 4.78 is 38.6. The molecule has 0 N–H and O–H groups in total. The quantitative estimate of drug-likeness (QED) is 0.493. The van der Waals surface area contributed by atoms with E-state index >= 15 is 0 Å². The van der Waals surface area contributed by atoms with Crippen molar-refractivity contribution >= 4 is 21.6 Å². The molecule has 0 atom stereocenters. The van der Waals surface area contributed by atoms with Crippen molar-refractivity contribution in [2.75, 3.05) is 17.5 Å². The largest absolute Gasteiger partial charge is 0.494 e. The van der Waals surface area contributed by atoms with Gasteiger partial charge in [0, 0.05) is 0 Å². The first-order chi connectivity index (χ1) is 15.0. The molecule has 0 saturated heterocycles. The van der Waals surface area contributed by atoms with E-state index in [1.165, 1.54) is 12.1 Å². The fraction of sp³-hybridized carbons (Fsp3) is 0.208.